The summed E-state index contributed by atoms with van der Waals surface area (Å²) in [5.74, 6) is 0. The van der Waals surface area contributed by atoms with Gasteiger partial charge in [0.05, 0.1) is 4.75 Å². The molecule has 0 bridgehead atoms. The van der Waals surface area contributed by atoms with Crippen LogP contribution < -0.4 is 0 Å². The van der Waals surface area contributed by atoms with E-state index < -0.39 is 28.0 Å². The zero-order chi connectivity index (χ0) is 16.6. The van der Waals surface area contributed by atoms with Crippen LogP contribution in [0.3, 0.4) is 0 Å². The van der Waals surface area contributed by atoms with Gasteiger partial charge in [-0.2, -0.15) is 13.2 Å². The summed E-state index contributed by atoms with van der Waals surface area (Å²) >= 11 is 3.24. The van der Waals surface area contributed by atoms with E-state index in [0.717, 1.165) is 4.31 Å². The van der Waals surface area contributed by atoms with Crippen LogP contribution in [0.1, 0.15) is 37.9 Å². The van der Waals surface area contributed by atoms with Crippen LogP contribution in [0.15, 0.2) is 22.7 Å². The van der Waals surface area contributed by atoms with Gasteiger partial charge in [-0.1, -0.05) is 22.0 Å². The summed E-state index contributed by atoms with van der Waals surface area (Å²) in [6.45, 7) is 6.58. The Kier molecular flexibility index (Phi) is 5.67. The predicted molar refractivity (Wildman–Crippen MR) is 83.3 cm³/mol. The van der Waals surface area contributed by atoms with Crippen molar-refractivity contribution in [2.24, 2.45) is 0 Å². The molecule has 2 nitrogen and oxygen atoms in total. The monoisotopic (exact) mass is 385 g/mol. The van der Waals surface area contributed by atoms with Gasteiger partial charge in [-0.05, 0) is 51.0 Å². The fourth-order valence-corrected chi connectivity index (χ4v) is 3.82. The van der Waals surface area contributed by atoms with Crippen molar-refractivity contribution in [3.63, 3.8) is 0 Å². The zero-order valence-electron chi connectivity index (χ0n) is 12.6. The molecule has 1 rings (SSSR count). The minimum atomic E-state index is -4.51. The molecule has 7 heteroatoms. The molecule has 0 aliphatic rings. The van der Waals surface area contributed by atoms with Crippen molar-refractivity contribution < 1.29 is 17.4 Å². The summed E-state index contributed by atoms with van der Waals surface area (Å²) < 4.78 is 53.7. The maximum absolute atomic E-state index is 13.5. The molecule has 1 aromatic carbocycles. The van der Waals surface area contributed by atoms with E-state index in [0.29, 0.717) is 10.0 Å². The van der Waals surface area contributed by atoms with E-state index in [9.17, 15) is 17.4 Å². The van der Waals surface area contributed by atoms with E-state index >= 15 is 0 Å². The van der Waals surface area contributed by atoms with Crippen LogP contribution in [0.25, 0.3) is 0 Å². The molecule has 0 radical (unpaired) electrons. The predicted octanol–water partition coefficient (Wildman–Crippen LogP) is 4.75. The lowest BCUT2D eigenvalue weighted by atomic mass is 10.0. The number of halogens is 4. The van der Waals surface area contributed by atoms with Gasteiger partial charge in [0.25, 0.3) is 0 Å². The SMILES string of the molecule is Cc1cc(Br)ccc1[C@H](N(C)[S@](=O)C(C)(C)C)C(F)(F)F. The van der Waals surface area contributed by atoms with Crippen molar-refractivity contribution >= 4 is 26.9 Å². The van der Waals surface area contributed by atoms with Crippen LogP contribution in [0.5, 0.6) is 0 Å². The molecule has 1 aromatic rings. The van der Waals surface area contributed by atoms with Crippen molar-refractivity contribution in [1.82, 2.24) is 4.31 Å². The first kappa shape index (κ1) is 18.6. The van der Waals surface area contributed by atoms with Crippen molar-refractivity contribution in [1.29, 1.82) is 0 Å². The molecule has 0 saturated carbocycles. The largest absolute Gasteiger partial charge is 0.409 e. The average Bonchev–Trinajstić information content (AvgIpc) is 2.28. The molecule has 21 heavy (non-hydrogen) atoms. The highest BCUT2D eigenvalue weighted by Crippen LogP contribution is 2.40. The molecule has 0 N–H and O–H groups in total. The Morgan fingerprint density at radius 3 is 2.14 bits per heavy atom. The number of nitrogens with zero attached hydrogens (tertiary/aromatic N) is 1. The number of hydrogen-bond donors (Lipinski definition) is 0. The van der Waals surface area contributed by atoms with Gasteiger partial charge in [0, 0.05) is 11.5 Å². The number of alkyl halides is 3. The summed E-state index contributed by atoms with van der Waals surface area (Å²) in [6, 6.07) is 2.72. The van der Waals surface area contributed by atoms with Crippen LogP contribution in [-0.2, 0) is 11.0 Å². The molecule has 0 spiro atoms. The Balaban J connectivity index is 3.34. The molecular weight excluding hydrogens is 367 g/mol. The minimum absolute atomic E-state index is 0.116. The summed E-state index contributed by atoms with van der Waals surface area (Å²) in [6.07, 6.45) is -4.51. The molecule has 120 valence electrons. The van der Waals surface area contributed by atoms with Crippen LogP contribution in [0.2, 0.25) is 0 Å². The second-order valence-electron chi connectivity index (χ2n) is 5.85. The number of benzene rings is 1. The highest BCUT2D eigenvalue weighted by molar-refractivity contribution is 9.10. The average molecular weight is 386 g/mol. The van der Waals surface area contributed by atoms with Crippen LogP contribution in [0, 0.1) is 6.92 Å². The summed E-state index contributed by atoms with van der Waals surface area (Å²) in [5, 5.41) is 0. The second-order valence-corrected chi connectivity index (χ2v) is 9.07. The first-order valence-electron chi connectivity index (χ1n) is 6.33. The van der Waals surface area contributed by atoms with E-state index in [1.165, 1.54) is 13.1 Å². The van der Waals surface area contributed by atoms with Gasteiger partial charge in [0.1, 0.15) is 17.0 Å². The van der Waals surface area contributed by atoms with Gasteiger partial charge in [-0.15, -0.1) is 0 Å². The van der Waals surface area contributed by atoms with E-state index in [2.05, 4.69) is 15.9 Å². The lowest BCUT2D eigenvalue weighted by Crippen LogP contribution is -2.43. The molecule has 0 aromatic heterocycles. The lowest BCUT2D eigenvalue weighted by molar-refractivity contribution is -0.170. The van der Waals surface area contributed by atoms with E-state index in [1.807, 2.05) is 0 Å². The Bertz CT molecular complexity index is 540. The molecular formula is C14H19BrF3NOS. The van der Waals surface area contributed by atoms with Crippen LogP contribution >= 0.6 is 15.9 Å². The van der Waals surface area contributed by atoms with Gasteiger partial charge < -0.3 is 0 Å². The van der Waals surface area contributed by atoms with Gasteiger partial charge >= 0.3 is 6.18 Å². The van der Waals surface area contributed by atoms with Crippen molar-refractivity contribution in [2.75, 3.05) is 7.05 Å². The Labute approximate surface area is 134 Å². The first-order valence-corrected chi connectivity index (χ1v) is 8.23. The molecule has 0 unspecified atom stereocenters. The fourth-order valence-electron chi connectivity index (χ4n) is 2.05. The maximum Gasteiger partial charge on any atom is 0.409 e. The van der Waals surface area contributed by atoms with E-state index in [-0.39, 0.29) is 5.56 Å². The van der Waals surface area contributed by atoms with Crippen molar-refractivity contribution in [3.05, 3.63) is 33.8 Å². The van der Waals surface area contributed by atoms with E-state index in [1.54, 1.807) is 39.8 Å². The Morgan fingerprint density at radius 1 is 1.24 bits per heavy atom. The highest BCUT2D eigenvalue weighted by Gasteiger charge is 2.47. The van der Waals surface area contributed by atoms with Gasteiger partial charge in [-0.3, -0.25) is 0 Å². The topological polar surface area (TPSA) is 20.3 Å². The van der Waals surface area contributed by atoms with E-state index in [4.69, 9.17) is 0 Å². The quantitative estimate of drug-likeness (QED) is 0.734. The molecule has 2 atom stereocenters. The Hall–Kier alpha value is -0.400. The van der Waals surface area contributed by atoms with Gasteiger partial charge in [0.15, 0.2) is 0 Å². The summed E-state index contributed by atoms with van der Waals surface area (Å²) in [4.78, 5) is 0. The number of aryl methyl sites for hydroxylation is 1. The highest BCUT2D eigenvalue weighted by atomic mass is 79.9. The standard InChI is InChI=1S/C14H19BrF3NOS/c1-9-8-10(15)6-7-11(9)12(14(16,17)18)19(5)21(20)13(2,3)4/h6-8,12H,1-5H3/t12-,21+/m0/s1. The van der Waals surface area contributed by atoms with Crippen molar-refractivity contribution in [2.45, 2.75) is 44.7 Å². The van der Waals surface area contributed by atoms with Crippen LogP contribution in [0.4, 0.5) is 13.2 Å². The third kappa shape index (κ3) is 4.53. The smallest absolute Gasteiger partial charge is 0.242 e. The second kappa shape index (κ2) is 6.38. The fraction of sp³-hybridized carbons (Fsp3) is 0.571. The molecule has 0 aliphatic carbocycles. The molecule has 0 fully saturated rings. The van der Waals surface area contributed by atoms with Gasteiger partial charge in [-0.25, -0.2) is 8.51 Å². The number of hydrogen-bond acceptors (Lipinski definition) is 1. The maximum atomic E-state index is 13.5. The van der Waals surface area contributed by atoms with Crippen molar-refractivity contribution in [3.8, 4) is 0 Å². The molecule has 0 aliphatic heterocycles. The van der Waals surface area contributed by atoms with Gasteiger partial charge in [0.2, 0.25) is 0 Å². The third-order valence-corrected chi connectivity index (χ3v) is 5.26. The summed E-state index contributed by atoms with van der Waals surface area (Å²) in [7, 11) is -0.520. The zero-order valence-corrected chi connectivity index (χ0v) is 15.0. The molecule has 0 saturated heterocycles. The van der Waals surface area contributed by atoms with Crippen LogP contribution in [-0.4, -0.2) is 26.5 Å². The minimum Gasteiger partial charge on any atom is -0.242 e. The third-order valence-electron chi connectivity index (χ3n) is 2.99. The normalized spacial score (nSPS) is 16.1. The molecule has 0 heterocycles. The lowest BCUT2D eigenvalue weighted by Gasteiger charge is -2.34. The molecule has 0 amide bonds. The summed E-state index contributed by atoms with van der Waals surface area (Å²) in [5.41, 5.74) is 0.621. The first-order chi connectivity index (χ1) is 9.35. The Morgan fingerprint density at radius 2 is 1.76 bits per heavy atom. The number of rotatable bonds is 3.